The molecular weight excluding hydrogens is 278 g/mol. The van der Waals surface area contributed by atoms with Crippen LogP contribution in [0.2, 0.25) is 0 Å². The second-order valence-corrected chi connectivity index (χ2v) is 6.42. The molecule has 1 rings (SSSR count). The Hall–Kier alpha value is -0.370. The first-order valence-corrected chi connectivity index (χ1v) is 7.71. The lowest BCUT2D eigenvalue weighted by molar-refractivity contribution is -0.135. The molecule has 1 heterocycles. The van der Waals surface area contributed by atoms with Gasteiger partial charge in [-0.3, -0.25) is 4.79 Å². The number of nitrogens with zero attached hydrogens (tertiary/aromatic N) is 1. The van der Waals surface area contributed by atoms with Crippen LogP contribution < -0.4 is 10.5 Å². The minimum atomic E-state index is -3.21. The van der Waals surface area contributed by atoms with Crippen molar-refractivity contribution in [3.63, 3.8) is 0 Å². The summed E-state index contributed by atoms with van der Waals surface area (Å²) in [7, 11) is -3.21. The molecule has 2 atom stereocenters. The molecule has 1 unspecified atom stereocenters. The zero-order chi connectivity index (χ0) is 13.1. The summed E-state index contributed by atoms with van der Waals surface area (Å²) in [5.74, 6) is -0.106. The predicted octanol–water partition coefficient (Wildman–Crippen LogP) is -0.314. The number of amides is 1. The van der Waals surface area contributed by atoms with Gasteiger partial charge in [-0.1, -0.05) is 0 Å². The summed E-state index contributed by atoms with van der Waals surface area (Å²) >= 11 is 0. The fourth-order valence-electron chi connectivity index (χ4n) is 2.01. The lowest BCUT2D eigenvalue weighted by Gasteiger charge is -2.36. The SMILES string of the molecule is C[C@H](N)C(=O)N1CCCCC1CNS(C)(=O)=O.Cl. The summed E-state index contributed by atoms with van der Waals surface area (Å²) in [4.78, 5) is 13.6. The van der Waals surface area contributed by atoms with E-state index in [1.165, 1.54) is 0 Å². The smallest absolute Gasteiger partial charge is 0.239 e. The van der Waals surface area contributed by atoms with Gasteiger partial charge in [-0.2, -0.15) is 0 Å². The van der Waals surface area contributed by atoms with Gasteiger partial charge in [-0.05, 0) is 26.2 Å². The Morgan fingerprint density at radius 1 is 1.50 bits per heavy atom. The van der Waals surface area contributed by atoms with Crippen molar-refractivity contribution >= 4 is 28.3 Å². The molecule has 0 bridgehead atoms. The van der Waals surface area contributed by atoms with Crippen molar-refractivity contribution in [1.29, 1.82) is 0 Å². The Balaban J connectivity index is 0.00000289. The van der Waals surface area contributed by atoms with Crippen LogP contribution in [0.15, 0.2) is 0 Å². The maximum Gasteiger partial charge on any atom is 0.239 e. The van der Waals surface area contributed by atoms with Gasteiger partial charge in [0, 0.05) is 19.1 Å². The van der Waals surface area contributed by atoms with Gasteiger partial charge >= 0.3 is 0 Å². The lowest BCUT2D eigenvalue weighted by Crippen LogP contribution is -2.53. The predicted molar refractivity (Wildman–Crippen MR) is 73.1 cm³/mol. The highest BCUT2D eigenvalue weighted by atomic mass is 35.5. The number of likely N-dealkylation sites (tertiary alicyclic amines) is 1. The van der Waals surface area contributed by atoms with E-state index in [1.54, 1.807) is 11.8 Å². The second-order valence-electron chi connectivity index (χ2n) is 4.59. The maximum atomic E-state index is 11.9. The molecule has 8 heteroatoms. The van der Waals surface area contributed by atoms with E-state index in [9.17, 15) is 13.2 Å². The van der Waals surface area contributed by atoms with Gasteiger partial charge in [0.2, 0.25) is 15.9 Å². The standard InChI is InChI=1S/C10H21N3O3S.ClH/c1-8(11)10(14)13-6-4-3-5-9(13)7-12-17(2,15)16;/h8-9,12H,3-7,11H2,1-2H3;1H/t8-,9?;/m0./s1. The number of nitrogens with two attached hydrogens (primary N) is 1. The van der Waals surface area contributed by atoms with Crippen molar-refractivity contribution in [1.82, 2.24) is 9.62 Å². The third-order valence-electron chi connectivity index (χ3n) is 2.88. The van der Waals surface area contributed by atoms with E-state index in [0.717, 1.165) is 25.5 Å². The van der Waals surface area contributed by atoms with Crippen LogP contribution in [0.25, 0.3) is 0 Å². The molecule has 1 amide bonds. The van der Waals surface area contributed by atoms with E-state index in [1.807, 2.05) is 0 Å². The van der Waals surface area contributed by atoms with Crippen LogP contribution in [0.5, 0.6) is 0 Å². The number of hydrogen-bond acceptors (Lipinski definition) is 4. The zero-order valence-electron chi connectivity index (χ0n) is 10.8. The van der Waals surface area contributed by atoms with E-state index in [-0.39, 0.29) is 30.9 Å². The Bertz CT molecular complexity index is 373. The van der Waals surface area contributed by atoms with Crippen molar-refractivity contribution in [3.05, 3.63) is 0 Å². The van der Waals surface area contributed by atoms with Crippen molar-refractivity contribution in [3.8, 4) is 0 Å². The largest absolute Gasteiger partial charge is 0.337 e. The molecule has 0 aliphatic carbocycles. The van der Waals surface area contributed by atoms with Crippen LogP contribution in [-0.4, -0.2) is 50.7 Å². The van der Waals surface area contributed by atoms with Crippen LogP contribution in [-0.2, 0) is 14.8 Å². The van der Waals surface area contributed by atoms with Gasteiger partial charge in [0.05, 0.1) is 12.3 Å². The average molecular weight is 300 g/mol. The van der Waals surface area contributed by atoms with Crippen molar-refractivity contribution in [2.45, 2.75) is 38.3 Å². The van der Waals surface area contributed by atoms with Crippen molar-refractivity contribution < 1.29 is 13.2 Å². The molecule has 3 N–H and O–H groups in total. The first-order valence-electron chi connectivity index (χ1n) is 5.82. The highest BCUT2D eigenvalue weighted by Crippen LogP contribution is 2.17. The monoisotopic (exact) mass is 299 g/mol. The van der Waals surface area contributed by atoms with Gasteiger partial charge in [0.1, 0.15) is 0 Å². The molecule has 1 aliphatic heterocycles. The molecule has 0 aromatic heterocycles. The van der Waals surface area contributed by atoms with Gasteiger partial charge in [-0.15, -0.1) is 12.4 Å². The quantitative estimate of drug-likeness (QED) is 0.744. The van der Waals surface area contributed by atoms with Crippen LogP contribution in [0.3, 0.4) is 0 Å². The molecule has 0 radical (unpaired) electrons. The highest BCUT2D eigenvalue weighted by Gasteiger charge is 2.28. The fourth-order valence-corrected chi connectivity index (χ4v) is 2.51. The number of piperidine rings is 1. The van der Waals surface area contributed by atoms with Crippen molar-refractivity contribution in [2.24, 2.45) is 5.73 Å². The summed E-state index contributed by atoms with van der Waals surface area (Å²) in [6.07, 6.45) is 3.90. The van der Waals surface area contributed by atoms with Gasteiger partial charge in [0.25, 0.3) is 0 Å². The molecule has 0 spiro atoms. The van der Waals surface area contributed by atoms with E-state index < -0.39 is 16.1 Å². The first kappa shape index (κ1) is 17.6. The van der Waals surface area contributed by atoms with Crippen molar-refractivity contribution in [2.75, 3.05) is 19.3 Å². The molecule has 1 saturated heterocycles. The third kappa shape index (κ3) is 5.51. The van der Waals surface area contributed by atoms with Crippen LogP contribution in [0.1, 0.15) is 26.2 Å². The molecule has 0 aromatic carbocycles. The number of halogens is 1. The molecule has 0 saturated carbocycles. The minimum Gasteiger partial charge on any atom is -0.337 e. The molecule has 1 aliphatic rings. The number of carbonyl (C=O) groups excluding carboxylic acids is 1. The molecular formula is C10H22ClN3O3S. The Kier molecular flexibility index (Phi) is 7.13. The maximum absolute atomic E-state index is 11.9. The number of nitrogens with one attached hydrogen (secondary N) is 1. The summed E-state index contributed by atoms with van der Waals surface area (Å²) in [5, 5.41) is 0. The Morgan fingerprint density at radius 3 is 2.61 bits per heavy atom. The number of rotatable bonds is 4. The van der Waals surface area contributed by atoms with Gasteiger partial charge in [-0.25, -0.2) is 13.1 Å². The highest BCUT2D eigenvalue weighted by molar-refractivity contribution is 7.88. The normalized spacial score (nSPS) is 22.2. The van der Waals surface area contributed by atoms with Crippen LogP contribution in [0, 0.1) is 0 Å². The Labute approximate surface area is 115 Å². The van der Waals surface area contributed by atoms with Crippen LogP contribution in [0.4, 0.5) is 0 Å². The zero-order valence-corrected chi connectivity index (χ0v) is 12.4. The van der Waals surface area contributed by atoms with E-state index >= 15 is 0 Å². The number of hydrogen-bond donors (Lipinski definition) is 2. The van der Waals surface area contributed by atoms with E-state index in [2.05, 4.69) is 4.72 Å². The number of carbonyl (C=O) groups is 1. The molecule has 0 aromatic rings. The topological polar surface area (TPSA) is 92.5 Å². The molecule has 18 heavy (non-hydrogen) atoms. The Morgan fingerprint density at radius 2 is 2.11 bits per heavy atom. The fraction of sp³-hybridized carbons (Fsp3) is 0.900. The summed E-state index contributed by atoms with van der Waals surface area (Å²) in [6.45, 7) is 2.59. The second kappa shape index (κ2) is 7.28. The van der Waals surface area contributed by atoms with E-state index in [0.29, 0.717) is 6.54 Å². The summed E-state index contributed by atoms with van der Waals surface area (Å²) in [6, 6.07) is -0.606. The average Bonchev–Trinajstić information content (AvgIpc) is 2.24. The third-order valence-corrected chi connectivity index (χ3v) is 3.57. The molecule has 108 valence electrons. The number of sulfonamides is 1. The first-order chi connectivity index (χ1) is 7.81. The lowest BCUT2D eigenvalue weighted by atomic mass is 10.0. The van der Waals surface area contributed by atoms with Crippen LogP contribution >= 0.6 is 12.4 Å². The van der Waals surface area contributed by atoms with E-state index in [4.69, 9.17) is 5.73 Å². The molecule has 1 fully saturated rings. The molecule has 6 nitrogen and oxygen atoms in total. The minimum absolute atomic E-state index is 0. The van der Waals surface area contributed by atoms with Gasteiger partial charge < -0.3 is 10.6 Å². The van der Waals surface area contributed by atoms with Gasteiger partial charge in [0.15, 0.2) is 0 Å². The summed E-state index contributed by atoms with van der Waals surface area (Å²) < 4.78 is 24.5. The summed E-state index contributed by atoms with van der Waals surface area (Å²) in [5.41, 5.74) is 5.58.